The fraction of sp³-hybridized carbons (Fsp3) is 0.324. The van der Waals surface area contributed by atoms with E-state index in [9.17, 15) is 4.79 Å². The summed E-state index contributed by atoms with van der Waals surface area (Å²) in [7, 11) is 3.32. The lowest BCUT2D eigenvalue weighted by molar-refractivity contribution is -0.126. The number of nitrogens with one attached hydrogen (secondary N) is 4. The van der Waals surface area contributed by atoms with Crippen molar-refractivity contribution in [2.45, 2.75) is 44.7 Å². The number of carbonyl (C=O) groups is 1. The van der Waals surface area contributed by atoms with Crippen molar-refractivity contribution in [1.29, 1.82) is 0 Å². The van der Waals surface area contributed by atoms with Crippen LogP contribution in [0, 0.1) is 5.92 Å². The molecule has 1 aliphatic rings. The summed E-state index contributed by atoms with van der Waals surface area (Å²) in [4.78, 5) is 20.6. The van der Waals surface area contributed by atoms with Gasteiger partial charge in [-0.3, -0.25) is 4.79 Å². The number of amides is 1. The molecule has 47 heavy (non-hydrogen) atoms. The van der Waals surface area contributed by atoms with Crippen LogP contribution in [-0.4, -0.2) is 57.9 Å². The molecule has 0 radical (unpaired) electrons. The Morgan fingerprint density at radius 3 is 2.38 bits per heavy atom. The van der Waals surface area contributed by atoms with Gasteiger partial charge in [-0.2, -0.15) is 0 Å². The molecule has 0 aliphatic carbocycles. The minimum absolute atomic E-state index is 0.0407. The number of rotatable bonds is 12. The monoisotopic (exact) mass is 631 g/mol. The molecular formula is C37H41N7O3. The van der Waals surface area contributed by atoms with Gasteiger partial charge in [0.15, 0.2) is 5.82 Å². The van der Waals surface area contributed by atoms with Gasteiger partial charge in [-0.05, 0) is 61.2 Å². The molecule has 242 valence electrons. The fourth-order valence-corrected chi connectivity index (χ4v) is 6.79. The Morgan fingerprint density at radius 2 is 1.66 bits per heavy atom. The van der Waals surface area contributed by atoms with Crippen molar-refractivity contribution >= 4 is 27.7 Å². The van der Waals surface area contributed by atoms with Gasteiger partial charge in [-0.25, -0.2) is 0 Å². The minimum atomic E-state index is -0.401. The number of para-hydroxylation sites is 2. The zero-order chi connectivity index (χ0) is 32.2. The lowest BCUT2D eigenvalue weighted by Gasteiger charge is -2.26. The molecule has 4 heterocycles. The number of aromatic nitrogens is 5. The molecule has 0 saturated carbocycles. The number of piperidine rings is 1. The first-order valence-corrected chi connectivity index (χ1v) is 16.3. The van der Waals surface area contributed by atoms with Gasteiger partial charge in [-0.15, -0.1) is 10.2 Å². The minimum Gasteiger partial charge on any atom is -0.497 e. The maximum absolute atomic E-state index is 13.8. The van der Waals surface area contributed by atoms with Gasteiger partial charge < -0.3 is 34.6 Å². The van der Waals surface area contributed by atoms with E-state index < -0.39 is 6.04 Å². The van der Waals surface area contributed by atoms with Gasteiger partial charge in [0.2, 0.25) is 5.91 Å². The number of H-pyrrole nitrogens is 2. The van der Waals surface area contributed by atoms with Crippen molar-refractivity contribution in [3.63, 3.8) is 0 Å². The average Bonchev–Trinajstić information content (AvgIpc) is 3.84. The molecule has 3 aromatic heterocycles. The van der Waals surface area contributed by atoms with Crippen LogP contribution < -0.4 is 20.1 Å². The number of aromatic amines is 2. The van der Waals surface area contributed by atoms with Crippen LogP contribution in [0.15, 0.2) is 79.1 Å². The highest BCUT2D eigenvalue weighted by atomic mass is 16.5. The normalized spacial score (nSPS) is 15.6. The zero-order valence-corrected chi connectivity index (χ0v) is 26.9. The van der Waals surface area contributed by atoms with Gasteiger partial charge in [0.1, 0.15) is 17.3 Å². The van der Waals surface area contributed by atoms with E-state index in [2.05, 4.69) is 61.7 Å². The summed E-state index contributed by atoms with van der Waals surface area (Å²) >= 11 is 0. The quantitative estimate of drug-likeness (QED) is 0.142. The summed E-state index contributed by atoms with van der Waals surface area (Å²) in [6.45, 7) is 2.10. The Balaban J connectivity index is 1.27. The molecule has 2 unspecified atom stereocenters. The van der Waals surface area contributed by atoms with E-state index in [0.717, 1.165) is 76.5 Å². The standard InChI is InChI=1S/C37H41N7O3/c1-46-28-15-13-26(34(19-28)47-2)23-44-35(16-14-24-21-39-31-11-5-3-9-29(24)31)42-43-36(44)33(41-37(45)25-8-7-17-38-20-25)18-27-22-40-32-12-6-4-10-30(27)32/h3-6,9-13,15,19,21-22,25,33,38-40H,7-8,14,16-18,20,23H2,1-2H3,(H,41,45). The van der Waals surface area contributed by atoms with Crippen LogP contribution >= 0.6 is 0 Å². The van der Waals surface area contributed by atoms with Gasteiger partial charge in [0, 0.05) is 65.2 Å². The van der Waals surface area contributed by atoms with Crippen LogP contribution in [0.25, 0.3) is 21.8 Å². The highest BCUT2D eigenvalue weighted by Crippen LogP contribution is 2.30. The van der Waals surface area contributed by atoms with Crippen LogP contribution in [0.3, 0.4) is 0 Å². The third-order valence-electron chi connectivity index (χ3n) is 9.37. The maximum Gasteiger partial charge on any atom is 0.224 e. The molecule has 0 bridgehead atoms. The largest absolute Gasteiger partial charge is 0.497 e. The highest BCUT2D eigenvalue weighted by molar-refractivity contribution is 5.84. The van der Waals surface area contributed by atoms with Crippen molar-refractivity contribution in [3.8, 4) is 11.5 Å². The third-order valence-corrected chi connectivity index (χ3v) is 9.37. The fourth-order valence-electron chi connectivity index (χ4n) is 6.79. The first-order valence-electron chi connectivity index (χ1n) is 16.3. The van der Waals surface area contributed by atoms with Gasteiger partial charge in [0.25, 0.3) is 0 Å². The molecule has 1 amide bonds. The number of fused-ring (bicyclic) bond motifs is 2. The van der Waals surface area contributed by atoms with E-state index in [-0.39, 0.29) is 11.8 Å². The Hall–Kier alpha value is -5.09. The second kappa shape index (κ2) is 13.7. The lowest BCUT2D eigenvalue weighted by Crippen LogP contribution is -2.42. The lowest BCUT2D eigenvalue weighted by atomic mass is 9.97. The van der Waals surface area contributed by atoms with Crippen LogP contribution in [0.5, 0.6) is 11.5 Å². The smallest absolute Gasteiger partial charge is 0.224 e. The predicted molar refractivity (Wildman–Crippen MR) is 183 cm³/mol. The van der Waals surface area contributed by atoms with Gasteiger partial charge in [-0.1, -0.05) is 36.4 Å². The van der Waals surface area contributed by atoms with Crippen molar-refractivity contribution in [2.75, 3.05) is 27.3 Å². The van der Waals surface area contributed by atoms with Crippen molar-refractivity contribution in [2.24, 2.45) is 5.92 Å². The number of hydrogen-bond acceptors (Lipinski definition) is 6. The first kappa shape index (κ1) is 30.6. The van der Waals surface area contributed by atoms with E-state index >= 15 is 0 Å². The molecule has 3 aromatic carbocycles. The molecule has 0 spiro atoms. The first-order chi connectivity index (χ1) is 23.1. The summed E-state index contributed by atoms with van der Waals surface area (Å²) in [6, 6.07) is 22.1. The molecule has 10 heteroatoms. The molecule has 1 aliphatic heterocycles. The summed E-state index contributed by atoms with van der Waals surface area (Å²) in [5.74, 6) is 2.96. The SMILES string of the molecule is COc1ccc(Cn2c(CCc3c[nH]c4ccccc34)nnc2C(Cc2c[nH]c3ccccc23)NC(=O)C2CCCNC2)c(OC)c1. The molecule has 4 N–H and O–H groups in total. The number of ether oxygens (including phenoxy) is 2. The van der Waals surface area contributed by atoms with E-state index in [0.29, 0.717) is 25.9 Å². The summed E-state index contributed by atoms with van der Waals surface area (Å²) in [6.07, 6.45) is 7.99. The second-order valence-corrected chi connectivity index (χ2v) is 12.3. The topological polar surface area (TPSA) is 122 Å². The van der Waals surface area contributed by atoms with Gasteiger partial charge >= 0.3 is 0 Å². The number of aryl methyl sites for hydroxylation is 2. The maximum atomic E-state index is 13.8. The van der Waals surface area contributed by atoms with Crippen molar-refractivity contribution in [3.05, 3.63) is 107 Å². The summed E-state index contributed by atoms with van der Waals surface area (Å²) in [5.41, 5.74) is 5.49. The second-order valence-electron chi connectivity index (χ2n) is 12.3. The number of benzene rings is 3. The van der Waals surface area contributed by atoms with E-state index in [1.807, 2.05) is 42.6 Å². The molecular weight excluding hydrogens is 590 g/mol. The Labute approximate surface area is 273 Å². The highest BCUT2D eigenvalue weighted by Gasteiger charge is 2.29. The van der Waals surface area contributed by atoms with E-state index in [1.165, 1.54) is 10.9 Å². The molecule has 1 saturated heterocycles. The number of carbonyl (C=O) groups excluding carboxylic acids is 1. The average molecular weight is 632 g/mol. The van der Waals surface area contributed by atoms with Crippen LogP contribution in [0.2, 0.25) is 0 Å². The molecule has 10 nitrogen and oxygen atoms in total. The summed E-state index contributed by atoms with van der Waals surface area (Å²) in [5, 5.41) is 18.7. The van der Waals surface area contributed by atoms with Crippen molar-refractivity contribution < 1.29 is 14.3 Å². The Bertz CT molecular complexity index is 1980. The zero-order valence-electron chi connectivity index (χ0n) is 26.9. The molecule has 1 fully saturated rings. The Morgan fingerprint density at radius 1 is 0.915 bits per heavy atom. The van der Waals surface area contributed by atoms with Crippen LogP contribution in [-0.2, 0) is 30.6 Å². The van der Waals surface area contributed by atoms with Gasteiger partial charge in [0.05, 0.1) is 32.7 Å². The van der Waals surface area contributed by atoms with E-state index in [4.69, 9.17) is 19.7 Å². The predicted octanol–water partition coefficient (Wildman–Crippen LogP) is 5.49. The molecule has 7 rings (SSSR count). The summed E-state index contributed by atoms with van der Waals surface area (Å²) < 4.78 is 13.4. The van der Waals surface area contributed by atoms with Crippen LogP contribution in [0.4, 0.5) is 0 Å². The van der Waals surface area contributed by atoms with Crippen LogP contribution in [0.1, 0.15) is 47.2 Å². The number of nitrogens with zero attached hydrogens (tertiary/aromatic N) is 3. The number of methoxy groups -OCH3 is 2. The number of hydrogen-bond donors (Lipinski definition) is 4. The van der Waals surface area contributed by atoms with Crippen molar-refractivity contribution in [1.82, 2.24) is 35.4 Å². The van der Waals surface area contributed by atoms with E-state index in [1.54, 1.807) is 14.2 Å². The third kappa shape index (κ3) is 6.46. The Kier molecular flexibility index (Phi) is 8.92. The molecule has 2 atom stereocenters. The molecule has 6 aromatic rings.